The summed E-state index contributed by atoms with van der Waals surface area (Å²) in [6, 6.07) is 115. The van der Waals surface area contributed by atoms with Crippen LogP contribution >= 0.6 is 0 Å². The number of hydrogen-bond acceptors (Lipinski definition) is 3. The van der Waals surface area contributed by atoms with E-state index in [2.05, 4.69) is 329 Å². The van der Waals surface area contributed by atoms with Crippen LogP contribution in [-0.4, -0.2) is 11.3 Å². The number of benzene rings is 13. The van der Waals surface area contributed by atoms with Crippen molar-refractivity contribution in [1.82, 2.24) is 4.57 Å². The van der Waals surface area contributed by atoms with E-state index in [1.807, 2.05) is 0 Å². The van der Waals surface area contributed by atoms with Crippen molar-refractivity contribution in [2.75, 3.05) is 14.7 Å². The van der Waals surface area contributed by atoms with Gasteiger partial charge in [-0.15, -0.1) is 0 Å². The second-order valence-corrected chi connectivity index (χ2v) is 22.0. The predicted molar refractivity (Wildman–Crippen MR) is 350 cm³/mol. The molecule has 3 aliphatic rings. The fourth-order valence-electron chi connectivity index (χ4n) is 13.9. The third-order valence-electron chi connectivity index (χ3n) is 17.4. The predicted octanol–water partition coefficient (Wildman–Crippen LogP) is 19.0. The molecule has 0 N–H and O–H groups in total. The zero-order valence-electron chi connectivity index (χ0n) is 45.3. The average Bonchev–Trinajstić information content (AvgIpc) is 2.73. The van der Waals surface area contributed by atoms with Crippen molar-refractivity contribution >= 4 is 96.1 Å². The molecule has 14 aromatic rings. The van der Waals surface area contributed by atoms with Crippen LogP contribution in [0.5, 0.6) is 0 Å². The lowest BCUT2D eigenvalue weighted by molar-refractivity contribution is 1.16. The Morgan fingerprint density at radius 1 is 0.265 bits per heavy atom. The second kappa shape index (κ2) is 18.9. The van der Waals surface area contributed by atoms with Crippen molar-refractivity contribution in [2.24, 2.45) is 0 Å². The number of fused-ring (bicyclic) bond motifs is 12. The molecule has 4 heterocycles. The number of aromatic nitrogens is 1. The zero-order valence-corrected chi connectivity index (χ0v) is 45.3. The molecule has 0 radical (unpaired) electrons. The Balaban J connectivity index is 1.04. The van der Waals surface area contributed by atoms with Gasteiger partial charge in [-0.3, -0.25) is 0 Å². The molecule has 0 spiro atoms. The van der Waals surface area contributed by atoms with E-state index in [1.165, 1.54) is 82.9 Å². The Morgan fingerprint density at radius 2 is 0.771 bits per heavy atom. The van der Waals surface area contributed by atoms with Crippen LogP contribution in [0.25, 0.3) is 83.1 Å². The molecule has 386 valence electrons. The summed E-state index contributed by atoms with van der Waals surface area (Å²) in [4.78, 5) is 7.64. The van der Waals surface area contributed by atoms with Gasteiger partial charge in [0.2, 0.25) is 0 Å². The maximum absolute atomic E-state index is 2.65. The Kier molecular flexibility index (Phi) is 10.7. The van der Waals surface area contributed by atoms with Gasteiger partial charge in [0.25, 0.3) is 6.71 Å². The van der Waals surface area contributed by atoms with E-state index in [-0.39, 0.29) is 6.71 Å². The van der Waals surface area contributed by atoms with E-state index in [1.54, 1.807) is 0 Å². The molecule has 0 saturated carbocycles. The average molecular weight is 1060 g/mol. The molecule has 17 rings (SSSR count). The summed E-state index contributed by atoms with van der Waals surface area (Å²) in [5.41, 5.74) is 29.1. The van der Waals surface area contributed by atoms with E-state index in [0.29, 0.717) is 0 Å². The number of hydrogen-bond donors (Lipinski definition) is 0. The van der Waals surface area contributed by atoms with Crippen molar-refractivity contribution in [2.45, 2.75) is 0 Å². The topological polar surface area (TPSA) is 14.7 Å². The van der Waals surface area contributed by atoms with Gasteiger partial charge in [0, 0.05) is 67.4 Å². The molecule has 83 heavy (non-hydrogen) atoms. The number of para-hydroxylation sites is 4. The summed E-state index contributed by atoms with van der Waals surface area (Å²) < 4.78 is 2.51. The summed E-state index contributed by atoms with van der Waals surface area (Å²) in [5, 5.41) is 2.45. The molecule has 0 amide bonds. The molecule has 4 nitrogen and oxygen atoms in total. The Morgan fingerprint density at radius 3 is 1.40 bits per heavy atom. The number of nitrogens with zero attached hydrogens (tertiary/aromatic N) is 4. The third-order valence-corrected chi connectivity index (χ3v) is 17.4. The number of rotatable bonds is 8. The van der Waals surface area contributed by atoms with E-state index in [9.17, 15) is 0 Å². The first kappa shape index (κ1) is 47.0. The summed E-state index contributed by atoms with van der Waals surface area (Å²) in [6.45, 7) is -0.183. The highest BCUT2D eigenvalue weighted by Crippen LogP contribution is 2.55. The van der Waals surface area contributed by atoms with Crippen molar-refractivity contribution in [1.29, 1.82) is 0 Å². The van der Waals surface area contributed by atoms with E-state index in [4.69, 9.17) is 0 Å². The van der Waals surface area contributed by atoms with E-state index < -0.39 is 0 Å². The smallest absolute Gasteiger partial charge is 0.252 e. The van der Waals surface area contributed by atoms with Crippen LogP contribution in [-0.2, 0) is 0 Å². The van der Waals surface area contributed by atoms with Crippen molar-refractivity contribution in [3.05, 3.63) is 309 Å². The van der Waals surface area contributed by atoms with Gasteiger partial charge in [-0.05, 0) is 152 Å². The molecule has 1 aromatic heterocycles. The maximum Gasteiger partial charge on any atom is 0.252 e. The van der Waals surface area contributed by atoms with Gasteiger partial charge < -0.3 is 19.3 Å². The molecule has 13 aromatic carbocycles. The van der Waals surface area contributed by atoms with Gasteiger partial charge >= 0.3 is 0 Å². The molecule has 0 fully saturated rings. The van der Waals surface area contributed by atoms with Gasteiger partial charge in [0.15, 0.2) is 0 Å². The molecule has 0 atom stereocenters. The standard InChI is InChI=1S/C78H51BN4/c1-6-23-52(24-7-1)55-29-22-34-60(45-55)81-74-49-61(80(58-30-12-4-13-31-58)59-32-14-5-15-33-59)42-43-69(74)79-70-48-57(54-27-10-3-11-28-54)47-68-64-36-17-16-35-63(64)67-46-56(53-25-8-2-9-26-53)41-44-73(67)83(78(68)70)76-51-62(50-75(81)77(76)79)82-71-39-20-18-37-65(71)66-38-19-21-40-72(66)82/h1-51H. The molecular weight excluding hydrogens is 1000 g/mol. The van der Waals surface area contributed by atoms with Gasteiger partial charge in [-0.2, -0.15) is 0 Å². The summed E-state index contributed by atoms with van der Waals surface area (Å²) >= 11 is 0. The fourth-order valence-corrected chi connectivity index (χ4v) is 13.9. The van der Waals surface area contributed by atoms with Crippen LogP contribution in [0.15, 0.2) is 309 Å². The fraction of sp³-hybridized carbons (Fsp3) is 0. The van der Waals surface area contributed by atoms with Crippen LogP contribution in [0, 0.1) is 0 Å². The molecule has 0 saturated heterocycles. The molecule has 3 aliphatic heterocycles. The first-order valence-electron chi connectivity index (χ1n) is 28.7. The third kappa shape index (κ3) is 7.41. The van der Waals surface area contributed by atoms with Gasteiger partial charge in [-0.1, -0.05) is 218 Å². The molecule has 5 heteroatoms. The molecule has 0 bridgehead atoms. The van der Waals surface area contributed by atoms with Crippen molar-refractivity contribution < 1.29 is 0 Å². The minimum atomic E-state index is -0.183. The molecule has 0 unspecified atom stereocenters. The lowest BCUT2D eigenvalue weighted by atomic mass is 9.33. The van der Waals surface area contributed by atoms with Crippen molar-refractivity contribution in [3.63, 3.8) is 0 Å². The van der Waals surface area contributed by atoms with Crippen LogP contribution < -0.4 is 31.1 Å². The van der Waals surface area contributed by atoms with E-state index in [0.717, 1.165) is 67.8 Å². The highest BCUT2D eigenvalue weighted by atomic mass is 15.2. The Bertz CT molecular complexity index is 4770. The first-order chi connectivity index (χ1) is 41.2. The Labute approximate surface area is 483 Å². The molecule has 0 aliphatic carbocycles. The zero-order chi connectivity index (χ0) is 54.5. The summed E-state index contributed by atoms with van der Waals surface area (Å²) in [5.74, 6) is 0. The second-order valence-electron chi connectivity index (χ2n) is 22.0. The lowest BCUT2D eigenvalue weighted by Gasteiger charge is -2.45. The van der Waals surface area contributed by atoms with Crippen LogP contribution in [0.3, 0.4) is 0 Å². The highest BCUT2D eigenvalue weighted by molar-refractivity contribution is 7.00. The van der Waals surface area contributed by atoms with Gasteiger partial charge in [-0.25, -0.2) is 0 Å². The normalized spacial score (nSPS) is 12.5. The van der Waals surface area contributed by atoms with Crippen LogP contribution in [0.2, 0.25) is 0 Å². The Hall–Kier alpha value is -10.9. The minimum absolute atomic E-state index is 0.183. The van der Waals surface area contributed by atoms with Gasteiger partial charge in [0.05, 0.1) is 22.4 Å². The largest absolute Gasteiger partial charge is 0.311 e. The monoisotopic (exact) mass is 1050 g/mol. The maximum atomic E-state index is 2.65. The van der Waals surface area contributed by atoms with Crippen LogP contribution in [0.4, 0.5) is 51.2 Å². The quantitative estimate of drug-likeness (QED) is 0.141. The van der Waals surface area contributed by atoms with Crippen LogP contribution in [0.1, 0.15) is 0 Å². The SMILES string of the molecule is c1ccc(-c2cccc(N3c4cc(N(c5ccccc5)c5ccccc5)ccc4B4c5cc(-c6ccccc6)cc6c5N(c5ccc(-c7ccccc7)cc5-c5ccccc5-6)c5cc(-n6c7ccccc7c7ccccc76)cc3c54)c2)cc1. The lowest BCUT2D eigenvalue weighted by Crippen LogP contribution is -2.61. The van der Waals surface area contributed by atoms with Gasteiger partial charge in [0.1, 0.15) is 0 Å². The van der Waals surface area contributed by atoms with E-state index >= 15 is 0 Å². The first-order valence-corrected chi connectivity index (χ1v) is 28.7. The summed E-state index contributed by atoms with van der Waals surface area (Å²) in [6.07, 6.45) is 0. The highest BCUT2D eigenvalue weighted by Gasteiger charge is 2.46. The molecular formula is C78H51BN4. The van der Waals surface area contributed by atoms with Crippen molar-refractivity contribution in [3.8, 4) is 61.3 Å². The number of anilines is 9. The minimum Gasteiger partial charge on any atom is -0.311 e. The summed E-state index contributed by atoms with van der Waals surface area (Å²) in [7, 11) is 0.